The first-order valence-corrected chi connectivity index (χ1v) is 7.96. The summed E-state index contributed by atoms with van der Waals surface area (Å²) < 4.78 is 35.1. The van der Waals surface area contributed by atoms with Crippen molar-refractivity contribution < 1.29 is 8.42 Å². The highest BCUT2D eigenvalue weighted by atomic mass is 32.2. The van der Waals surface area contributed by atoms with E-state index in [9.17, 15) is 8.42 Å². The predicted octanol–water partition coefficient (Wildman–Crippen LogP) is 1.27. The lowest BCUT2D eigenvalue weighted by molar-refractivity contribution is 0.561. The Morgan fingerprint density at radius 3 is 2.89 bits per heavy atom. The van der Waals surface area contributed by atoms with Gasteiger partial charge >= 0.3 is 0 Å². The van der Waals surface area contributed by atoms with Gasteiger partial charge in [-0.1, -0.05) is 6.07 Å². The number of nitrogens with zero attached hydrogens (tertiary/aromatic N) is 3. The standard InChI is InChI=1S/C11H10N4O2S2/c12-6-9(7-4-5-7)15-19(16,17)10-3-1-2-8-11(10)14-18-13-8/h1-3,7,9,15H,4-5H2. The zero-order chi connectivity index (χ0) is 13.5. The summed E-state index contributed by atoms with van der Waals surface area (Å²) in [6, 6.07) is 6.16. The molecule has 1 saturated carbocycles. The summed E-state index contributed by atoms with van der Waals surface area (Å²) in [7, 11) is -3.74. The van der Waals surface area contributed by atoms with Crippen molar-refractivity contribution in [1.82, 2.24) is 13.5 Å². The Labute approximate surface area is 114 Å². The fourth-order valence-corrected chi connectivity index (χ4v) is 3.86. The number of benzene rings is 1. The summed E-state index contributed by atoms with van der Waals surface area (Å²) in [5, 5.41) is 9.02. The monoisotopic (exact) mass is 294 g/mol. The SMILES string of the molecule is N#CC(NS(=O)(=O)c1cccc2nsnc12)C1CC1. The number of hydrogen-bond donors (Lipinski definition) is 1. The average molecular weight is 294 g/mol. The number of sulfonamides is 1. The van der Waals surface area contributed by atoms with Crippen molar-refractivity contribution in [2.45, 2.75) is 23.8 Å². The molecule has 0 aliphatic heterocycles. The average Bonchev–Trinajstić information content (AvgIpc) is 3.12. The van der Waals surface area contributed by atoms with Gasteiger partial charge in [0, 0.05) is 0 Å². The Kier molecular flexibility index (Phi) is 2.97. The number of fused-ring (bicyclic) bond motifs is 1. The van der Waals surface area contributed by atoms with E-state index in [0.29, 0.717) is 11.0 Å². The third-order valence-corrected chi connectivity index (χ3v) is 5.07. The van der Waals surface area contributed by atoms with E-state index in [4.69, 9.17) is 5.26 Å². The van der Waals surface area contributed by atoms with Crippen LogP contribution in [-0.4, -0.2) is 23.2 Å². The summed E-state index contributed by atoms with van der Waals surface area (Å²) in [5.41, 5.74) is 0.903. The van der Waals surface area contributed by atoms with Crippen molar-refractivity contribution >= 4 is 32.8 Å². The minimum atomic E-state index is -3.74. The Hall–Kier alpha value is -1.56. The van der Waals surface area contributed by atoms with Crippen LogP contribution in [0, 0.1) is 17.2 Å². The topological polar surface area (TPSA) is 95.7 Å². The minimum absolute atomic E-state index is 0.0830. The number of aromatic nitrogens is 2. The summed E-state index contributed by atoms with van der Waals surface area (Å²) in [6.45, 7) is 0. The fraction of sp³-hybridized carbons (Fsp3) is 0.364. The highest BCUT2D eigenvalue weighted by Gasteiger charge is 2.35. The molecule has 98 valence electrons. The van der Waals surface area contributed by atoms with E-state index in [2.05, 4.69) is 13.5 Å². The molecule has 1 N–H and O–H groups in total. The van der Waals surface area contributed by atoms with Gasteiger partial charge in [0.2, 0.25) is 10.0 Å². The van der Waals surface area contributed by atoms with E-state index >= 15 is 0 Å². The van der Waals surface area contributed by atoms with Crippen molar-refractivity contribution in [2.75, 3.05) is 0 Å². The fourth-order valence-electron chi connectivity index (χ4n) is 1.89. The van der Waals surface area contributed by atoms with E-state index in [0.717, 1.165) is 24.6 Å². The van der Waals surface area contributed by atoms with Crippen LogP contribution < -0.4 is 4.72 Å². The largest absolute Gasteiger partial charge is 0.244 e. The van der Waals surface area contributed by atoms with Gasteiger partial charge in [-0.25, -0.2) is 8.42 Å². The third-order valence-electron chi connectivity index (χ3n) is 3.05. The number of rotatable bonds is 4. The maximum Gasteiger partial charge on any atom is 0.244 e. The van der Waals surface area contributed by atoms with E-state index < -0.39 is 16.1 Å². The first-order valence-electron chi connectivity index (χ1n) is 5.75. The van der Waals surface area contributed by atoms with Gasteiger partial charge in [-0.05, 0) is 30.9 Å². The molecule has 0 amide bonds. The molecule has 8 heteroatoms. The predicted molar refractivity (Wildman–Crippen MR) is 69.9 cm³/mol. The molecule has 1 atom stereocenters. The van der Waals surface area contributed by atoms with Crippen molar-refractivity contribution in [2.24, 2.45) is 5.92 Å². The smallest absolute Gasteiger partial charge is 0.207 e. The molecule has 1 unspecified atom stereocenters. The van der Waals surface area contributed by atoms with Gasteiger partial charge in [0.1, 0.15) is 22.0 Å². The normalized spacial score (nSPS) is 17.2. The second-order valence-corrected chi connectivity index (χ2v) is 6.66. The van der Waals surface area contributed by atoms with E-state index in [1.54, 1.807) is 12.1 Å². The molecule has 0 radical (unpaired) electrons. The first-order chi connectivity index (χ1) is 9.12. The first kappa shape index (κ1) is 12.5. The van der Waals surface area contributed by atoms with Crippen LogP contribution in [0.2, 0.25) is 0 Å². The van der Waals surface area contributed by atoms with Crippen LogP contribution in [-0.2, 0) is 10.0 Å². The van der Waals surface area contributed by atoms with Gasteiger partial charge < -0.3 is 0 Å². The van der Waals surface area contributed by atoms with Gasteiger partial charge in [-0.2, -0.15) is 18.7 Å². The van der Waals surface area contributed by atoms with Crippen LogP contribution in [0.5, 0.6) is 0 Å². The summed E-state index contributed by atoms with van der Waals surface area (Å²) in [4.78, 5) is 0.0830. The van der Waals surface area contributed by atoms with Crippen LogP contribution in [0.1, 0.15) is 12.8 Å². The van der Waals surface area contributed by atoms with Gasteiger partial charge in [0.05, 0.1) is 17.8 Å². The highest BCUT2D eigenvalue weighted by molar-refractivity contribution is 7.89. The Morgan fingerprint density at radius 2 is 2.21 bits per heavy atom. The molecule has 1 heterocycles. The molecule has 6 nitrogen and oxygen atoms in total. The second-order valence-electron chi connectivity index (χ2n) is 4.45. The summed E-state index contributed by atoms with van der Waals surface area (Å²) in [6.07, 6.45) is 1.78. The molecule has 19 heavy (non-hydrogen) atoms. The van der Waals surface area contributed by atoms with Gasteiger partial charge in [-0.15, -0.1) is 0 Å². The van der Waals surface area contributed by atoms with E-state index in [1.807, 2.05) is 6.07 Å². The molecule has 1 aliphatic carbocycles. The highest BCUT2D eigenvalue weighted by Crippen LogP contribution is 2.33. The molecular formula is C11H10N4O2S2. The maximum atomic E-state index is 12.3. The van der Waals surface area contributed by atoms with Crippen LogP contribution in [0.3, 0.4) is 0 Å². The van der Waals surface area contributed by atoms with Gasteiger partial charge in [0.15, 0.2) is 0 Å². The minimum Gasteiger partial charge on any atom is -0.207 e. The molecule has 1 fully saturated rings. The van der Waals surface area contributed by atoms with Crippen molar-refractivity contribution in [3.05, 3.63) is 18.2 Å². The quantitative estimate of drug-likeness (QED) is 0.916. The van der Waals surface area contributed by atoms with Crippen LogP contribution in [0.4, 0.5) is 0 Å². The molecule has 2 aromatic rings. The third kappa shape index (κ3) is 2.32. The lowest BCUT2D eigenvalue weighted by Gasteiger charge is -2.11. The molecular weight excluding hydrogens is 284 g/mol. The summed E-state index contributed by atoms with van der Waals surface area (Å²) >= 11 is 0.969. The van der Waals surface area contributed by atoms with E-state index in [1.165, 1.54) is 6.07 Å². The number of nitriles is 1. The van der Waals surface area contributed by atoms with Gasteiger partial charge in [-0.3, -0.25) is 0 Å². The lowest BCUT2D eigenvalue weighted by Crippen LogP contribution is -2.35. The molecule has 0 saturated heterocycles. The molecule has 1 aromatic heterocycles. The van der Waals surface area contributed by atoms with Crippen molar-refractivity contribution in [1.29, 1.82) is 5.26 Å². The molecule has 1 aromatic carbocycles. The molecule has 0 bridgehead atoms. The maximum absolute atomic E-state index is 12.3. The van der Waals surface area contributed by atoms with Crippen molar-refractivity contribution in [3.8, 4) is 6.07 Å². The second kappa shape index (κ2) is 4.52. The Morgan fingerprint density at radius 1 is 1.42 bits per heavy atom. The number of hydrogen-bond acceptors (Lipinski definition) is 6. The summed E-state index contributed by atoms with van der Waals surface area (Å²) in [5.74, 6) is 0.132. The zero-order valence-electron chi connectivity index (χ0n) is 9.78. The number of nitrogens with one attached hydrogen (secondary N) is 1. The lowest BCUT2D eigenvalue weighted by atomic mass is 10.2. The zero-order valence-corrected chi connectivity index (χ0v) is 11.4. The van der Waals surface area contributed by atoms with Gasteiger partial charge in [0.25, 0.3) is 0 Å². The Balaban J connectivity index is 2.00. The molecule has 1 aliphatic rings. The van der Waals surface area contributed by atoms with E-state index in [-0.39, 0.29) is 10.8 Å². The van der Waals surface area contributed by atoms with Crippen molar-refractivity contribution in [3.63, 3.8) is 0 Å². The van der Waals surface area contributed by atoms with Crippen LogP contribution in [0.25, 0.3) is 11.0 Å². The Bertz CT molecular complexity index is 758. The van der Waals surface area contributed by atoms with Crippen LogP contribution >= 0.6 is 11.7 Å². The molecule has 0 spiro atoms. The molecule has 3 rings (SSSR count). The van der Waals surface area contributed by atoms with Crippen LogP contribution in [0.15, 0.2) is 23.1 Å².